The van der Waals surface area contributed by atoms with Gasteiger partial charge in [-0.1, -0.05) is 26.0 Å². The molecule has 1 atom stereocenters. The molecule has 1 aromatic carbocycles. The second-order valence-electron chi connectivity index (χ2n) is 4.24. The maximum atomic E-state index is 5.89. The van der Waals surface area contributed by atoms with Gasteiger partial charge in [0.2, 0.25) is 0 Å². The second-order valence-corrected chi connectivity index (χ2v) is 5.40. The first-order valence-electron chi connectivity index (χ1n) is 6.38. The van der Waals surface area contributed by atoms with Gasteiger partial charge in [-0.3, -0.25) is 0 Å². The number of benzene rings is 1. The summed E-state index contributed by atoms with van der Waals surface area (Å²) in [4.78, 5) is 3.77. The normalized spacial score (nSPS) is 13.0. The molecule has 1 unspecified atom stereocenters. The summed E-state index contributed by atoms with van der Waals surface area (Å²) >= 11 is 1.91. The highest BCUT2D eigenvalue weighted by Gasteiger charge is 2.02. The Morgan fingerprint density at radius 2 is 2.00 bits per heavy atom. The summed E-state index contributed by atoms with van der Waals surface area (Å²) in [5.41, 5.74) is 7.11. The Kier molecular flexibility index (Phi) is 6.63. The molecule has 0 aliphatic carbocycles. The van der Waals surface area contributed by atoms with E-state index in [9.17, 15) is 0 Å². The predicted molar refractivity (Wildman–Crippen MR) is 77.6 cm³/mol. The number of nitrogens with two attached hydrogens (primary N) is 1. The molecular weight excluding hydrogens is 228 g/mol. The molecule has 0 fully saturated rings. The molecule has 3 heteroatoms. The molecule has 0 aliphatic rings. The summed E-state index contributed by atoms with van der Waals surface area (Å²) in [6, 6.07) is 8.69. The van der Waals surface area contributed by atoms with Gasteiger partial charge < -0.3 is 10.6 Å². The average Bonchev–Trinajstić information content (AvgIpc) is 2.35. The maximum Gasteiger partial charge on any atom is 0.0266 e. The van der Waals surface area contributed by atoms with E-state index in [-0.39, 0.29) is 6.04 Å². The second kappa shape index (κ2) is 7.75. The number of hydrogen-bond donors (Lipinski definition) is 1. The molecule has 0 spiro atoms. The Morgan fingerprint density at radius 1 is 1.29 bits per heavy atom. The SMILES string of the molecule is CCN(CC)CCSc1cccc(C(C)N)c1. The fourth-order valence-corrected chi connectivity index (χ4v) is 2.70. The van der Waals surface area contributed by atoms with Crippen LogP contribution in [0.1, 0.15) is 32.4 Å². The van der Waals surface area contributed by atoms with E-state index in [1.165, 1.54) is 10.5 Å². The van der Waals surface area contributed by atoms with Crippen molar-refractivity contribution in [3.05, 3.63) is 29.8 Å². The van der Waals surface area contributed by atoms with Crippen LogP contribution >= 0.6 is 11.8 Å². The first-order chi connectivity index (χ1) is 8.17. The van der Waals surface area contributed by atoms with Gasteiger partial charge in [-0.25, -0.2) is 0 Å². The largest absolute Gasteiger partial charge is 0.324 e. The van der Waals surface area contributed by atoms with E-state index >= 15 is 0 Å². The van der Waals surface area contributed by atoms with Crippen LogP contribution < -0.4 is 5.73 Å². The van der Waals surface area contributed by atoms with Gasteiger partial charge >= 0.3 is 0 Å². The molecule has 0 aliphatic heterocycles. The third-order valence-electron chi connectivity index (χ3n) is 2.95. The summed E-state index contributed by atoms with van der Waals surface area (Å²) in [6.45, 7) is 9.88. The molecule has 17 heavy (non-hydrogen) atoms. The van der Waals surface area contributed by atoms with E-state index in [0.29, 0.717) is 0 Å². The van der Waals surface area contributed by atoms with Gasteiger partial charge in [0, 0.05) is 23.2 Å². The summed E-state index contributed by atoms with van der Waals surface area (Å²) in [6.07, 6.45) is 0. The third-order valence-corrected chi connectivity index (χ3v) is 3.93. The monoisotopic (exact) mass is 252 g/mol. The van der Waals surface area contributed by atoms with Crippen LogP contribution in [0, 0.1) is 0 Å². The van der Waals surface area contributed by atoms with Gasteiger partial charge in [0.15, 0.2) is 0 Å². The number of thioether (sulfide) groups is 1. The summed E-state index contributed by atoms with van der Waals surface area (Å²) < 4.78 is 0. The zero-order valence-electron chi connectivity index (χ0n) is 11.1. The Labute approximate surface area is 110 Å². The van der Waals surface area contributed by atoms with E-state index in [1.54, 1.807) is 0 Å². The van der Waals surface area contributed by atoms with Gasteiger partial charge in [-0.05, 0) is 37.7 Å². The van der Waals surface area contributed by atoms with E-state index in [4.69, 9.17) is 5.73 Å². The molecule has 2 nitrogen and oxygen atoms in total. The lowest BCUT2D eigenvalue weighted by Crippen LogP contribution is -2.25. The first-order valence-corrected chi connectivity index (χ1v) is 7.36. The third kappa shape index (κ3) is 5.11. The van der Waals surface area contributed by atoms with E-state index < -0.39 is 0 Å². The van der Waals surface area contributed by atoms with Crippen LogP contribution in [0.5, 0.6) is 0 Å². The summed E-state index contributed by atoms with van der Waals surface area (Å²) in [5.74, 6) is 1.14. The maximum absolute atomic E-state index is 5.89. The van der Waals surface area contributed by atoms with Crippen molar-refractivity contribution in [1.29, 1.82) is 0 Å². The minimum absolute atomic E-state index is 0.123. The zero-order chi connectivity index (χ0) is 12.7. The molecule has 96 valence electrons. The lowest BCUT2D eigenvalue weighted by atomic mass is 10.1. The Morgan fingerprint density at radius 3 is 2.59 bits per heavy atom. The standard InChI is InChI=1S/C14H24N2S/c1-4-16(5-2)9-10-17-14-8-6-7-13(11-14)12(3)15/h6-8,11-12H,4-5,9-10,15H2,1-3H3. The lowest BCUT2D eigenvalue weighted by molar-refractivity contribution is 0.324. The quantitative estimate of drug-likeness (QED) is 0.756. The van der Waals surface area contributed by atoms with Crippen molar-refractivity contribution in [3.8, 4) is 0 Å². The van der Waals surface area contributed by atoms with Gasteiger partial charge in [-0.15, -0.1) is 11.8 Å². The van der Waals surface area contributed by atoms with Crippen LogP contribution in [0.4, 0.5) is 0 Å². The highest BCUT2D eigenvalue weighted by molar-refractivity contribution is 7.99. The van der Waals surface area contributed by atoms with Crippen LogP contribution in [-0.4, -0.2) is 30.3 Å². The molecule has 0 saturated carbocycles. The molecule has 0 radical (unpaired) electrons. The topological polar surface area (TPSA) is 29.3 Å². The highest BCUT2D eigenvalue weighted by atomic mass is 32.2. The van der Waals surface area contributed by atoms with Gasteiger partial charge in [-0.2, -0.15) is 0 Å². The van der Waals surface area contributed by atoms with Crippen molar-refractivity contribution in [2.75, 3.05) is 25.4 Å². The van der Waals surface area contributed by atoms with E-state index in [1.807, 2.05) is 18.7 Å². The molecule has 0 aromatic heterocycles. The summed E-state index contributed by atoms with van der Waals surface area (Å²) in [5, 5.41) is 0. The van der Waals surface area contributed by atoms with E-state index in [0.717, 1.165) is 25.4 Å². The van der Waals surface area contributed by atoms with Gasteiger partial charge in [0.05, 0.1) is 0 Å². The van der Waals surface area contributed by atoms with Crippen molar-refractivity contribution >= 4 is 11.8 Å². The summed E-state index contributed by atoms with van der Waals surface area (Å²) in [7, 11) is 0. The molecule has 0 amide bonds. The van der Waals surface area contributed by atoms with Crippen molar-refractivity contribution < 1.29 is 0 Å². The van der Waals surface area contributed by atoms with Gasteiger partial charge in [0.1, 0.15) is 0 Å². The fraction of sp³-hybridized carbons (Fsp3) is 0.571. The van der Waals surface area contributed by atoms with Crippen molar-refractivity contribution in [3.63, 3.8) is 0 Å². The van der Waals surface area contributed by atoms with Crippen molar-refractivity contribution in [2.45, 2.75) is 31.7 Å². The molecule has 1 aromatic rings. The predicted octanol–water partition coefficient (Wildman–Crippen LogP) is 3.14. The Hall–Kier alpha value is -0.510. The van der Waals surface area contributed by atoms with Crippen LogP contribution in [0.3, 0.4) is 0 Å². The zero-order valence-corrected chi connectivity index (χ0v) is 12.0. The molecule has 0 bridgehead atoms. The minimum Gasteiger partial charge on any atom is -0.324 e. The van der Waals surface area contributed by atoms with Crippen molar-refractivity contribution in [2.24, 2.45) is 5.73 Å². The molecule has 1 rings (SSSR count). The van der Waals surface area contributed by atoms with Crippen molar-refractivity contribution in [1.82, 2.24) is 4.90 Å². The fourth-order valence-electron chi connectivity index (χ4n) is 1.72. The lowest BCUT2D eigenvalue weighted by Gasteiger charge is -2.17. The molecule has 2 N–H and O–H groups in total. The molecule has 0 heterocycles. The smallest absolute Gasteiger partial charge is 0.0266 e. The first kappa shape index (κ1) is 14.6. The molecular formula is C14H24N2S. The Balaban J connectivity index is 2.43. The number of rotatable bonds is 7. The van der Waals surface area contributed by atoms with Crippen LogP contribution in [0.15, 0.2) is 29.2 Å². The number of nitrogens with zero attached hydrogens (tertiary/aromatic N) is 1. The molecule has 0 saturated heterocycles. The number of hydrogen-bond acceptors (Lipinski definition) is 3. The van der Waals surface area contributed by atoms with Crippen LogP contribution in [-0.2, 0) is 0 Å². The minimum atomic E-state index is 0.123. The highest BCUT2D eigenvalue weighted by Crippen LogP contribution is 2.21. The van der Waals surface area contributed by atoms with E-state index in [2.05, 4.69) is 43.0 Å². The van der Waals surface area contributed by atoms with Crippen LogP contribution in [0.25, 0.3) is 0 Å². The Bertz CT molecular complexity index is 322. The van der Waals surface area contributed by atoms with Crippen LogP contribution in [0.2, 0.25) is 0 Å². The van der Waals surface area contributed by atoms with Gasteiger partial charge in [0.25, 0.3) is 0 Å². The average molecular weight is 252 g/mol.